The van der Waals surface area contributed by atoms with E-state index in [9.17, 15) is 14.9 Å². The second kappa shape index (κ2) is 6.72. The Hall–Kier alpha value is -2.59. The summed E-state index contributed by atoms with van der Waals surface area (Å²) in [6, 6.07) is 4.13. The Morgan fingerprint density at radius 3 is 2.81 bits per heavy atom. The van der Waals surface area contributed by atoms with Gasteiger partial charge in [-0.1, -0.05) is 5.92 Å². The number of nitro benzene ring substituents is 1. The van der Waals surface area contributed by atoms with E-state index in [1.165, 1.54) is 12.1 Å². The second-order valence-electron chi connectivity index (χ2n) is 4.34. The van der Waals surface area contributed by atoms with Gasteiger partial charge in [-0.3, -0.25) is 10.1 Å². The van der Waals surface area contributed by atoms with E-state index in [-0.39, 0.29) is 17.9 Å². The summed E-state index contributed by atoms with van der Waals surface area (Å²) in [6.45, 7) is 2.11. The molecule has 1 aromatic rings. The van der Waals surface area contributed by atoms with Gasteiger partial charge in [0.1, 0.15) is 0 Å². The Bertz CT molecular complexity index is 588. The van der Waals surface area contributed by atoms with Crippen LogP contribution in [0.2, 0.25) is 0 Å². The van der Waals surface area contributed by atoms with Crippen LogP contribution < -0.4 is 4.90 Å². The summed E-state index contributed by atoms with van der Waals surface area (Å²) in [5, 5.41) is 10.9. The maximum atomic E-state index is 12.0. The highest BCUT2D eigenvalue weighted by atomic mass is 16.6. The van der Waals surface area contributed by atoms with E-state index in [0.717, 1.165) is 0 Å². The lowest BCUT2D eigenvalue weighted by Crippen LogP contribution is -2.37. The Kier molecular flexibility index (Phi) is 4.74. The highest BCUT2D eigenvalue weighted by Crippen LogP contribution is 2.27. The number of anilines is 1. The number of hydrogen-bond acceptors (Lipinski definition) is 6. The van der Waals surface area contributed by atoms with Gasteiger partial charge >= 0.3 is 5.97 Å². The summed E-state index contributed by atoms with van der Waals surface area (Å²) in [6.07, 6.45) is 5.05. The average molecular weight is 290 g/mol. The third-order valence-electron chi connectivity index (χ3n) is 3.05. The van der Waals surface area contributed by atoms with Crippen molar-refractivity contribution in [2.24, 2.45) is 0 Å². The van der Waals surface area contributed by atoms with E-state index in [4.69, 9.17) is 15.9 Å². The highest BCUT2D eigenvalue weighted by Gasteiger charge is 2.22. The van der Waals surface area contributed by atoms with Crippen molar-refractivity contribution in [3.63, 3.8) is 0 Å². The fourth-order valence-electron chi connectivity index (χ4n) is 2.07. The summed E-state index contributed by atoms with van der Waals surface area (Å²) in [7, 11) is 0. The average Bonchev–Trinajstić information content (AvgIpc) is 2.52. The van der Waals surface area contributed by atoms with Crippen LogP contribution in [0.25, 0.3) is 0 Å². The van der Waals surface area contributed by atoms with Crippen molar-refractivity contribution in [1.82, 2.24) is 0 Å². The number of nitrogens with zero attached hydrogens (tertiary/aromatic N) is 2. The van der Waals surface area contributed by atoms with Crippen LogP contribution in [0.3, 0.4) is 0 Å². The Morgan fingerprint density at radius 2 is 2.19 bits per heavy atom. The molecule has 0 aliphatic carbocycles. The van der Waals surface area contributed by atoms with Gasteiger partial charge in [-0.2, -0.15) is 0 Å². The first-order valence-electron chi connectivity index (χ1n) is 6.35. The number of terminal acetylenes is 1. The first-order chi connectivity index (χ1) is 10.1. The van der Waals surface area contributed by atoms with Crippen LogP contribution in [0.1, 0.15) is 10.4 Å². The first kappa shape index (κ1) is 14.8. The zero-order valence-corrected chi connectivity index (χ0v) is 11.3. The summed E-state index contributed by atoms with van der Waals surface area (Å²) in [5.74, 6) is 1.53. The van der Waals surface area contributed by atoms with E-state index in [1.807, 2.05) is 4.90 Å². The predicted octanol–water partition coefficient (Wildman–Crippen LogP) is 1.22. The number of carbonyl (C=O) groups is 1. The molecule has 0 atom stereocenters. The first-order valence-corrected chi connectivity index (χ1v) is 6.35. The molecule has 1 fully saturated rings. The molecule has 2 rings (SSSR count). The molecule has 0 amide bonds. The number of esters is 1. The van der Waals surface area contributed by atoms with Gasteiger partial charge < -0.3 is 14.4 Å². The Balaban J connectivity index is 2.35. The molecule has 0 unspecified atom stereocenters. The molecular formula is C14H14N2O5. The van der Waals surface area contributed by atoms with Gasteiger partial charge in [0.2, 0.25) is 0 Å². The minimum Gasteiger partial charge on any atom is -0.449 e. The van der Waals surface area contributed by atoms with Gasteiger partial charge in [0, 0.05) is 25.2 Å². The van der Waals surface area contributed by atoms with Crippen molar-refractivity contribution in [3.8, 4) is 12.3 Å². The van der Waals surface area contributed by atoms with Crippen molar-refractivity contribution in [1.29, 1.82) is 0 Å². The Labute approximate surface area is 121 Å². The number of nitro groups is 1. The maximum absolute atomic E-state index is 12.0. The van der Waals surface area contributed by atoms with Crippen molar-refractivity contribution in [2.45, 2.75) is 0 Å². The van der Waals surface area contributed by atoms with E-state index in [0.29, 0.717) is 32.0 Å². The fraction of sp³-hybridized carbons (Fsp3) is 0.357. The van der Waals surface area contributed by atoms with Crippen molar-refractivity contribution in [3.05, 3.63) is 33.9 Å². The molecular weight excluding hydrogens is 276 g/mol. The third kappa shape index (κ3) is 3.49. The van der Waals surface area contributed by atoms with E-state index >= 15 is 0 Å². The molecule has 7 nitrogen and oxygen atoms in total. The van der Waals surface area contributed by atoms with E-state index in [1.54, 1.807) is 6.07 Å². The van der Waals surface area contributed by atoms with Crippen molar-refractivity contribution >= 4 is 17.3 Å². The number of rotatable bonds is 4. The molecule has 0 radical (unpaired) electrons. The molecule has 1 aromatic carbocycles. The zero-order valence-electron chi connectivity index (χ0n) is 11.3. The molecule has 0 N–H and O–H groups in total. The molecule has 1 saturated heterocycles. The van der Waals surface area contributed by atoms with Crippen LogP contribution in [-0.4, -0.2) is 43.8 Å². The second-order valence-corrected chi connectivity index (χ2v) is 4.34. The smallest absolute Gasteiger partial charge is 0.341 e. The van der Waals surface area contributed by atoms with E-state index < -0.39 is 10.9 Å². The number of morpholine rings is 1. The third-order valence-corrected chi connectivity index (χ3v) is 3.05. The summed E-state index contributed by atoms with van der Waals surface area (Å²) in [4.78, 5) is 24.3. The summed E-state index contributed by atoms with van der Waals surface area (Å²) < 4.78 is 10.1. The molecule has 0 bridgehead atoms. The van der Waals surface area contributed by atoms with Crippen LogP contribution in [0.5, 0.6) is 0 Å². The monoisotopic (exact) mass is 290 g/mol. The SMILES string of the molecule is C#CCOC(=O)c1cc([N+](=O)[O-])ccc1N1CCOCC1. The number of carbonyl (C=O) groups excluding carboxylic acids is 1. The number of ether oxygens (including phenoxy) is 2. The standard InChI is InChI=1S/C14H14N2O5/c1-2-7-21-14(17)12-10-11(16(18)19)3-4-13(12)15-5-8-20-9-6-15/h1,3-4,10H,5-9H2. The van der Waals surface area contributed by atoms with Gasteiger partial charge in [-0.15, -0.1) is 6.42 Å². The lowest BCUT2D eigenvalue weighted by Gasteiger charge is -2.30. The molecule has 0 saturated carbocycles. The molecule has 1 aliphatic rings. The zero-order chi connectivity index (χ0) is 15.2. The van der Waals surface area contributed by atoms with Crippen LogP contribution in [-0.2, 0) is 9.47 Å². The highest BCUT2D eigenvalue weighted by molar-refractivity contribution is 5.96. The topological polar surface area (TPSA) is 81.9 Å². The van der Waals surface area contributed by atoms with Gasteiger partial charge in [0.05, 0.1) is 29.4 Å². The minimum atomic E-state index is -0.668. The summed E-state index contributed by atoms with van der Waals surface area (Å²) >= 11 is 0. The van der Waals surface area contributed by atoms with E-state index in [2.05, 4.69) is 5.92 Å². The number of non-ortho nitro benzene ring substituents is 1. The molecule has 21 heavy (non-hydrogen) atoms. The molecule has 110 valence electrons. The van der Waals surface area contributed by atoms with Gasteiger partial charge in [-0.25, -0.2) is 4.79 Å². The van der Waals surface area contributed by atoms with Crippen molar-refractivity contribution < 1.29 is 19.2 Å². The van der Waals surface area contributed by atoms with Gasteiger partial charge in [-0.05, 0) is 6.07 Å². The van der Waals surface area contributed by atoms with Crippen LogP contribution in [0.15, 0.2) is 18.2 Å². The summed E-state index contributed by atoms with van der Waals surface area (Å²) in [5.41, 5.74) is 0.562. The molecule has 0 spiro atoms. The van der Waals surface area contributed by atoms with Crippen LogP contribution in [0.4, 0.5) is 11.4 Å². The number of hydrogen-bond donors (Lipinski definition) is 0. The minimum absolute atomic E-state index is 0.140. The molecule has 7 heteroatoms. The van der Waals surface area contributed by atoms with Gasteiger partial charge in [0.15, 0.2) is 6.61 Å². The normalized spacial score (nSPS) is 14.3. The predicted molar refractivity (Wildman–Crippen MR) is 75.2 cm³/mol. The maximum Gasteiger partial charge on any atom is 0.341 e. The Morgan fingerprint density at radius 1 is 1.48 bits per heavy atom. The molecule has 0 aromatic heterocycles. The molecule has 1 heterocycles. The fourth-order valence-corrected chi connectivity index (χ4v) is 2.07. The van der Waals surface area contributed by atoms with Crippen molar-refractivity contribution in [2.75, 3.05) is 37.8 Å². The largest absolute Gasteiger partial charge is 0.449 e. The molecule has 1 aliphatic heterocycles. The van der Waals surface area contributed by atoms with Crippen LogP contribution >= 0.6 is 0 Å². The number of benzene rings is 1. The lowest BCUT2D eigenvalue weighted by molar-refractivity contribution is -0.384. The van der Waals surface area contributed by atoms with Crippen LogP contribution in [0, 0.1) is 22.5 Å². The lowest BCUT2D eigenvalue weighted by atomic mass is 10.1. The quantitative estimate of drug-likeness (QED) is 0.359. The van der Waals surface area contributed by atoms with Gasteiger partial charge in [0.25, 0.3) is 5.69 Å².